The van der Waals surface area contributed by atoms with Crippen LogP contribution in [0.5, 0.6) is 0 Å². The Morgan fingerprint density at radius 2 is 2.05 bits per heavy atom. The first kappa shape index (κ1) is 16.0. The van der Waals surface area contributed by atoms with E-state index >= 15 is 0 Å². The maximum Gasteiger partial charge on any atom is 0.225 e. The van der Waals surface area contributed by atoms with Crippen molar-refractivity contribution in [3.8, 4) is 0 Å². The topological polar surface area (TPSA) is 69.6 Å². The molecular formula is C14H26N2O3. The van der Waals surface area contributed by atoms with Gasteiger partial charge < -0.3 is 15.3 Å². The van der Waals surface area contributed by atoms with E-state index in [2.05, 4.69) is 5.32 Å². The van der Waals surface area contributed by atoms with Gasteiger partial charge in [-0.3, -0.25) is 9.59 Å². The molecule has 0 radical (unpaired) electrons. The number of likely N-dealkylation sites (tertiary alicyclic amines) is 1. The number of nitrogens with one attached hydrogen (secondary N) is 1. The molecule has 2 N–H and O–H groups in total. The number of aliphatic hydroxyl groups is 1. The lowest BCUT2D eigenvalue weighted by Gasteiger charge is -2.18. The van der Waals surface area contributed by atoms with Crippen LogP contribution >= 0.6 is 0 Å². The predicted octanol–water partition coefficient (Wildman–Crippen LogP) is 0.770. The summed E-state index contributed by atoms with van der Waals surface area (Å²) in [7, 11) is 0. The Morgan fingerprint density at radius 3 is 2.58 bits per heavy atom. The second kappa shape index (κ2) is 6.89. The molecule has 1 unspecified atom stereocenters. The van der Waals surface area contributed by atoms with Crippen molar-refractivity contribution in [1.29, 1.82) is 0 Å². The van der Waals surface area contributed by atoms with Crippen molar-refractivity contribution in [2.24, 2.45) is 11.3 Å². The molecule has 1 saturated heterocycles. The Bertz CT molecular complexity index is 323. The van der Waals surface area contributed by atoms with Crippen LogP contribution in [0.25, 0.3) is 0 Å². The first-order valence-corrected chi connectivity index (χ1v) is 7.01. The van der Waals surface area contributed by atoms with Gasteiger partial charge in [0.05, 0.1) is 0 Å². The summed E-state index contributed by atoms with van der Waals surface area (Å²) in [5, 5.41) is 11.9. The normalized spacial score (nSPS) is 19.6. The van der Waals surface area contributed by atoms with E-state index < -0.39 is 0 Å². The molecule has 0 aromatic rings. The molecule has 2 amide bonds. The highest BCUT2D eigenvalue weighted by Gasteiger charge is 2.25. The summed E-state index contributed by atoms with van der Waals surface area (Å²) in [5.74, 6) is 0.381. The zero-order valence-corrected chi connectivity index (χ0v) is 12.2. The highest BCUT2D eigenvalue weighted by Crippen LogP contribution is 2.16. The molecule has 110 valence electrons. The minimum atomic E-state index is -0.382. The van der Waals surface area contributed by atoms with Crippen molar-refractivity contribution in [2.45, 2.75) is 40.0 Å². The summed E-state index contributed by atoms with van der Waals surface area (Å²) in [4.78, 5) is 25.3. The zero-order valence-electron chi connectivity index (χ0n) is 12.2. The van der Waals surface area contributed by atoms with Crippen molar-refractivity contribution in [3.63, 3.8) is 0 Å². The Kier molecular flexibility index (Phi) is 5.79. The van der Waals surface area contributed by atoms with E-state index in [-0.39, 0.29) is 29.8 Å². The molecule has 0 aromatic heterocycles. The first-order valence-electron chi connectivity index (χ1n) is 7.01. The van der Waals surface area contributed by atoms with Crippen LogP contribution in [0.15, 0.2) is 0 Å². The van der Waals surface area contributed by atoms with Gasteiger partial charge in [-0.2, -0.15) is 0 Å². The van der Waals surface area contributed by atoms with Gasteiger partial charge in [0.25, 0.3) is 0 Å². The van der Waals surface area contributed by atoms with Gasteiger partial charge in [-0.1, -0.05) is 20.8 Å². The van der Waals surface area contributed by atoms with Gasteiger partial charge in [0.2, 0.25) is 11.8 Å². The van der Waals surface area contributed by atoms with Gasteiger partial charge in [-0.05, 0) is 12.8 Å². The van der Waals surface area contributed by atoms with Crippen LogP contribution in [0.3, 0.4) is 0 Å². The molecule has 19 heavy (non-hydrogen) atoms. The van der Waals surface area contributed by atoms with E-state index in [1.807, 2.05) is 25.7 Å². The fraction of sp³-hybridized carbons (Fsp3) is 0.857. The van der Waals surface area contributed by atoms with Crippen LogP contribution in [-0.2, 0) is 9.59 Å². The highest BCUT2D eigenvalue weighted by molar-refractivity contribution is 5.81. The molecule has 5 nitrogen and oxygen atoms in total. The minimum Gasteiger partial charge on any atom is -0.396 e. The molecule has 0 bridgehead atoms. The predicted molar refractivity (Wildman–Crippen MR) is 73.5 cm³/mol. The van der Waals surface area contributed by atoms with Crippen molar-refractivity contribution < 1.29 is 14.7 Å². The monoisotopic (exact) mass is 270 g/mol. The first-order chi connectivity index (χ1) is 8.84. The molecule has 0 saturated carbocycles. The van der Waals surface area contributed by atoms with Crippen LogP contribution in [0.4, 0.5) is 0 Å². The number of nitrogens with zero attached hydrogens (tertiary/aromatic N) is 1. The Labute approximate surface area is 115 Å². The van der Waals surface area contributed by atoms with Crippen molar-refractivity contribution in [3.05, 3.63) is 0 Å². The van der Waals surface area contributed by atoms with E-state index in [9.17, 15) is 9.59 Å². The lowest BCUT2D eigenvalue weighted by molar-refractivity contribution is -0.131. The number of aliphatic hydroxyl groups excluding tert-OH is 1. The van der Waals surface area contributed by atoms with Crippen LogP contribution in [-0.4, -0.2) is 48.1 Å². The van der Waals surface area contributed by atoms with Gasteiger partial charge in [0.15, 0.2) is 0 Å². The van der Waals surface area contributed by atoms with Crippen molar-refractivity contribution >= 4 is 11.8 Å². The zero-order chi connectivity index (χ0) is 14.5. The number of hydrogen-bond acceptors (Lipinski definition) is 3. The van der Waals surface area contributed by atoms with E-state index in [1.54, 1.807) is 0 Å². The lowest BCUT2D eigenvalue weighted by Crippen LogP contribution is -2.36. The van der Waals surface area contributed by atoms with E-state index in [0.29, 0.717) is 25.9 Å². The molecule has 1 atom stereocenters. The molecule has 0 spiro atoms. The quantitative estimate of drug-likeness (QED) is 0.725. The second-order valence-corrected chi connectivity index (χ2v) is 6.29. The number of carbonyl (C=O) groups is 2. The fourth-order valence-corrected chi connectivity index (χ4v) is 2.07. The van der Waals surface area contributed by atoms with Gasteiger partial charge >= 0.3 is 0 Å². The molecule has 1 heterocycles. The lowest BCUT2D eigenvalue weighted by atomic mass is 9.96. The van der Waals surface area contributed by atoms with E-state index in [1.165, 1.54) is 0 Å². The maximum absolute atomic E-state index is 11.9. The second-order valence-electron chi connectivity index (χ2n) is 6.29. The maximum atomic E-state index is 11.9. The molecule has 1 fully saturated rings. The number of amides is 2. The van der Waals surface area contributed by atoms with Gasteiger partial charge in [-0.25, -0.2) is 0 Å². The average molecular weight is 270 g/mol. The third-order valence-corrected chi connectivity index (χ3v) is 3.43. The van der Waals surface area contributed by atoms with Crippen LogP contribution in [0.2, 0.25) is 0 Å². The van der Waals surface area contributed by atoms with Crippen molar-refractivity contribution in [2.75, 3.05) is 26.2 Å². The smallest absolute Gasteiger partial charge is 0.225 e. The van der Waals surface area contributed by atoms with E-state index in [0.717, 1.165) is 13.0 Å². The molecule has 1 rings (SSSR count). The fourth-order valence-electron chi connectivity index (χ4n) is 2.07. The SMILES string of the molecule is CC(C)(C)C(=O)NCCCC(=O)N1CCC(CO)C1. The molecule has 1 aliphatic heterocycles. The summed E-state index contributed by atoms with van der Waals surface area (Å²) >= 11 is 0. The molecule has 0 aromatic carbocycles. The number of hydrogen-bond donors (Lipinski definition) is 2. The van der Waals surface area contributed by atoms with Gasteiger partial charge in [-0.15, -0.1) is 0 Å². The number of carbonyl (C=O) groups excluding carboxylic acids is 2. The summed E-state index contributed by atoms with van der Waals surface area (Å²) in [6, 6.07) is 0. The van der Waals surface area contributed by atoms with Gasteiger partial charge in [0.1, 0.15) is 0 Å². The third kappa shape index (κ3) is 5.19. The van der Waals surface area contributed by atoms with E-state index in [4.69, 9.17) is 5.11 Å². The van der Waals surface area contributed by atoms with Crippen LogP contribution in [0.1, 0.15) is 40.0 Å². The summed E-state index contributed by atoms with van der Waals surface area (Å²) in [6.45, 7) is 7.72. The molecule has 5 heteroatoms. The minimum absolute atomic E-state index is 0.0152. The largest absolute Gasteiger partial charge is 0.396 e. The highest BCUT2D eigenvalue weighted by atomic mass is 16.3. The molecule has 1 aliphatic rings. The summed E-state index contributed by atoms with van der Waals surface area (Å²) in [6.07, 6.45) is 2.02. The van der Waals surface area contributed by atoms with Crippen molar-refractivity contribution in [1.82, 2.24) is 10.2 Å². The summed E-state index contributed by atoms with van der Waals surface area (Å²) < 4.78 is 0. The number of rotatable bonds is 5. The molecular weight excluding hydrogens is 244 g/mol. The van der Waals surface area contributed by atoms with Gasteiger partial charge in [0, 0.05) is 44.0 Å². The summed E-state index contributed by atoms with van der Waals surface area (Å²) in [5.41, 5.74) is -0.382. The Hall–Kier alpha value is -1.10. The average Bonchev–Trinajstić information content (AvgIpc) is 2.81. The van der Waals surface area contributed by atoms with Crippen LogP contribution < -0.4 is 5.32 Å². The Balaban J connectivity index is 2.16. The van der Waals surface area contributed by atoms with Crippen LogP contribution in [0, 0.1) is 11.3 Å². The standard InChI is InChI=1S/C14H26N2O3/c1-14(2,3)13(19)15-7-4-5-12(18)16-8-6-11(9-16)10-17/h11,17H,4-10H2,1-3H3,(H,15,19). The molecule has 0 aliphatic carbocycles. The third-order valence-electron chi connectivity index (χ3n) is 3.43. The Morgan fingerprint density at radius 1 is 1.37 bits per heavy atom.